The molecule has 0 saturated carbocycles. The zero-order chi connectivity index (χ0) is 17.0. The number of carboxylic acid groups (broad SMARTS) is 1. The molecule has 0 saturated heterocycles. The summed E-state index contributed by atoms with van der Waals surface area (Å²) in [4.78, 5) is 11.4. The lowest BCUT2D eigenvalue weighted by molar-refractivity contribution is -0.138. The lowest BCUT2D eigenvalue weighted by Crippen LogP contribution is -2.42. The van der Waals surface area contributed by atoms with Crippen molar-refractivity contribution < 1.29 is 23.4 Å². The van der Waals surface area contributed by atoms with E-state index in [0.717, 1.165) is 5.56 Å². The minimum Gasteiger partial charge on any atom is -0.508 e. The van der Waals surface area contributed by atoms with E-state index in [0.29, 0.717) is 5.56 Å². The van der Waals surface area contributed by atoms with Crippen LogP contribution >= 0.6 is 0 Å². The summed E-state index contributed by atoms with van der Waals surface area (Å²) in [6.45, 7) is 1.83. The molecule has 0 aliphatic heterocycles. The van der Waals surface area contributed by atoms with E-state index in [1.807, 2.05) is 6.92 Å². The van der Waals surface area contributed by atoms with Gasteiger partial charge in [0, 0.05) is 0 Å². The summed E-state index contributed by atoms with van der Waals surface area (Å²) in [6, 6.07) is 10.8. The third-order valence-corrected chi connectivity index (χ3v) is 4.79. The molecule has 2 rings (SSSR count). The van der Waals surface area contributed by atoms with Crippen molar-refractivity contribution in [3.63, 3.8) is 0 Å². The maximum Gasteiger partial charge on any atom is 0.322 e. The van der Waals surface area contributed by atoms with Crippen molar-refractivity contribution in [3.05, 3.63) is 59.7 Å². The van der Waals surface area contributed by atoms with E-state index in [-0.39, 0.29) is 17.1 Å². The Bertz CT molecular complexity index is 782. The fourth-order valence-electron chi connectivity index (χ4n) is 2.02. The number of aromatic hydroxyl groups is 1. The third-order valence-electron chi connectivity index (χ3n) is 3.30. The van der Waals surface area contributed by atoms with Crippen LogP contribution in [0, 0.1) is 6.92 Å². The van der Waals surface area contributed by atoms with Gasteiger partial charge in [-0.1, -0.05) is 29.8 Å². The summed E-state index contributed by atoms with van der Waals surface area (Å²) < 4.78 is 26.8. The summed E-state index contributed by atoms with van der Waals surface area (Å²) in [5.41, 5.74) is 1.50. The Hall–Kier alpha value is -2.38. The van der Waals surface area contributed by atoms with Crippen LogP contribution in [0.25, 0.3) is 0 Å². The van der Waals surface area contributed by atoms with Crippen molar-refractivity contribution in [2.45, 2.75) is 24.3 Å². The Morgan fingerprint density at radius 2 is 1.65 bits per heavy atom. The maximum absolute atomic E-state index is 12.3. The van der Waals surface area contributed by atoms with Gasteiger partial charge >= 0.3 is 5.97 Å². The molecule has 1 atom stereocenters. The van der Waals surface area contributed by atoms with Crippen LogP contribution in [0.2, 0.25) is 0 Å². The van der Waals surface area contributed by atoms with Gasteiger partial charge in [-0.15, -0.1) is 0 Å². The molecule has 7 heteroatoms. The SMILES string of the molecule is Cc1ccc(S(=O)(=O)N[C@H](Cc2ccc(O)cc2)C(=O)O)cc1. The lowest BCUT2D eigenvalue weighted by Gasteiger charge is -2.15. The summed E-state index contributed by atoms with van der Waals surface area (Å²) in [7, 11) is -3.93. The van der Waals surface area contributed by atoms with Gasteiger partial charge in [-0.25, -0.2) is 8.42 Å². The van der Waals surface area contributed by atoms with E-state index in [1.54, 1.807) is 24.3 Å². The van der Waals surface area contributed by atoms with Crippen molar-refractivity contribution in [2.24, 2.45) is 0 Å². The summed E-state index contributed by atoms with van der Waals surface area (Å²) in [5, 5.41) is 18.5. The van der Waals surface area contributed by atoms with Crippen LogP contribution in [0.3, 0.4) is 0 Å². The highest BCUT2D eigenvalue weighted by Crippen LogP contribution is 2.14. The Morgan fingerprint density at radius 3 is 2.17 bits per heavy atom. The highest BCUT2D eigenvalue weighted by Gasteiger charge is 2.25. The predicted molar refractivity (Wildman–Crippen MR) is 84.7 cm³/mol. The molecule has 2 aromatic rings. The zero-order valence-corrected chi connectivity index (χ0v) is 13.2. The smallest absolute Gasteiger partial charge is 0.322 e. The maximum atomic E-state index is 12.3. The van der Waals surface area contributed by atoms with Crippen LogP contribution in [-0.4, -0.2) is 30.6 Å². The molecule has 2 aromatic carbocycles. The molecule has 0 fully saturated rings. The quantitative estimate of drug-likeness (QED) is 0.745. The third kappa shape index (κ3) is 4.54. The monoisotopic (exact) mass is 335 g/mol. The number of carboxylic acids is 1. The number of phenols is 1. The number of hydrogen-bond donors (Lipinski definition) is 3. The lowest BCUT2D eigenvalue weighted by atomic mass is 10.1. The molecular formula is C16H17NO5S. The van der Waals surface area contributed by atoms with Crippen molar-refractivity contribution in [3.8, 4) is 5.75 Å². The first-order chi connectivity index (χ1) is 10.8. The van der Waals surface area contributed by atoms with E-state index in [2.05, 4.69) is 4.72 Å². The van der Waals surface area contributed by atoms with Crippen LogP contribution in [0.5, 0.6) is 5.75 Å². The van der Waals surface area contributed by atoms with E-state index < -0.39 is 22.0 Å². The Balaban J connectivity index is 2.20. The molecule has 0 bridgehead atoms. The van der Waals surface area contributed by atoms with Gasteiger partial charge in [0.05, 0.1) is 4.90 Å². The van der Waals surface area contributed by atoms with Crippen LogP contribution in [0.15, 0.2) is 53.4 Å². The molecule has 6 nitrogen and oxygen atoms in total. The molecular weight excluding hydrogens is 318 g/mol. The van der Waals surface area contributed by atoms with Crippen molar-refractivity contribution in [2.75, 3.05) is 0 Å². The highest BCUT2D eigenvalue weighted by atomic mass is 32.2. The standard InChI is InChI=1S/C16H17NO5S/c1-11-2-8-14(9-3-11)23(21,22)17-15(16(19)20)10-12-4-6-13(18)7-5-12/h2-9,15,17-18H,10H2,1H3,(H,19,20)/t15-/m1/s1. The van der Waals surface area contributed by atoms with Gasteiger partial charge in [0.2, 0.25) is 10.0 Å². The fraction of sp³-hybridized carbons (Fsp3) is 0.188. The van der Waals surface area contributed by atoms with Gasteiger partial charge in [-0.05, 0) is 43.2 Å². The number of phenolic OH excluding ortho intramolecular Hbond substituents is 1. The molecule has 0 radical (unpaired) electrons. The number of nitrogens with one attached hydrogen (secondary N) is 1. The minimum absolute atomic E-state index is 0.0139. The van der Waals surface area contributed by atoms with Gasteiger partial charge in [0.1, 0.15) is 11.8 Å². The van der Waals surface area contributed by atoms with Crippen LogP contribution in [0.4, 0.5) is 0 Å². The topological polar surface area (TPSA) is 104 Å². The predicted octanol–water partition coefficient (Wildman–Crippen LogP) is 1.67. The fourth-order valence-corrected chi connectivity index (χ4v) is 3.21. The summed E-state index contributed by atoms with van der Waals surface area (Å²) in [5.74, 6) is -1.21. The molecule has 0 amide bonds. The molecule has 122 valence electrons. The summed E-state index contributed by atoms with van der Waals surface area (Å²) in [6.07, 6.45) is -0.0271. The Morgan fingerprint density at radius 1 is 1.09 bits per heavy atom. The van der Waals surface area contributed by atoms with Gasteiger partial charge in [-0.3, -0.25) is 4.79 Å². The average Bonchev–Trinajstić information content (AvgIpc) is 2.49. The number of benzene rings is 2. The second-order valence-corrected chi connectivity index (χ2v) is 6.91. The first kappa shape index (κ1) is 17.0. The number of sulfonamides is 1. The largest absolute Gasteiger partial charge is 0.508 e. The minimum atomic E-state index is -3.93. The number of rotatable bonds is 6. The average molecular weight is 335 g/mol. The van der Waals surface area contributed by atoms with Gasteiger partial charge in [-0.2, -0.15) is 4.72 Å². The van der Waals surface area contributed by atoms with Crippen LogP contribution < -0.4 is 4.72 Å². The van der Waals surface area contributed by atoms with Gasteiger partial charge < -0.3 is 10.2 Å². The molecule has 0 aliphatic rings. The van der Waals surface area contributed by atoms with Gasteiger partial charge in [0.25, 0.3) is 0 Å². The number of carbonyl (C=O) groups is 1. The molecule has 0 aromatic heterocycles. The second kappa shape index (κ2) is 6.80. The second-order valence-electron chi connectivity index (χ2n) is 5.20. The normalized spacial score (nSPS) is 12.7. The number of aliphatic carboxylic acids is 1. The molecule has 23 heavy (non-hydrogen) atoms. The van der Waals surface area contributed by atoms with Crippen LogP contribution in [-0.2, 0) is 21.2 Å². The summed E-state index contributed by atoms with van der Waals surface area (Å²) >= 11 is 0. The highest BCUT2D eigenvalue weighted by molar-refractivity contribution is 7.89. The molecule has 0 unspecified atom stereocenters. The Kier molecular flexibility index (Phi) is 5.02. The van der Waals surface area contributed by atoms with Crippen molar-refractivity contribution in [1.29, 1.82) is 0 Å². The van der Waals surface area contributed by atoms with E-state index in [4.69, 9.17) is 0 Å². The molecule has 3 N–H and O–H groups in total. The zero-order valence-electron chi connectivity index (χ0n) is 12.4. The molecule has 0 aliphatic carbocycles. The molecule has 0 heterocycles. The van der Waals surface area contributed by atoms with E-state index in [1.165, 1.54) is 24.3 Å². The Labute approximate surface area is 134 Å². The van der Waals surface area contributed by atoms with E-state index in [9.17, 15) is 23.4 Å². The van der Waals surface area contributed by atoms with Crippen LogP contribution in [0.1, 0.15) is 11.1 Å². The first-order valence-electron chi connectivity index (χ1n) is 6.87. The number of aryl methyl sites for hydroxylation is 1. The van der Waals surface area contributed by atoms with Gasteiger partial charge in [0.15, 0.2) is 0 Å². The molecule has 0 spiro atoms. The van der Waals surface area contributed by atoms with Crippen molar-refractivity contribution >= 4 is 16.0 Å². The van der Waals surface area contributed by atoms with Crippen molar-refractivity contribution in [1.82, 2.24) is 4.72 Å². The number of hydrogen-bond acceptors (Lipinski definition) is 4. The van der Waals surface area contributed by atoms with E-state index >= 15 is 0 Å². The first-order valence-corrected chi connectivity index (χ1v) is 8.36.